The zero-order valence-electron chi connectivity index (χ0n) is 30.4. The molecule has 3 fully saturated rings. The molecule has 1 aromatic heterocycles. The van der Waals surface area contributed by atoms with E-state index in [1.165, 1.54) is 11.6 Å². The monoisotopic (exact) mass is 744 g/mol. The molecule has 2 aromatic carbocycles. The number of nitrogens with zero attached hydrogens (tertiary/aromatic N) is 2. The highest BCUT2D eigenvalue weighted by atomic mass is 31.2. The van der Waals surface area contributed by atoms with E-state index in [0.717, 1.165) is 55.9 Å². The molecule has 0 bridgehead atoms. The first-order chi connectivity index (χ1) is 25.5. The number of alkyl carbamates (subject to hydrolysis) is 1. The van der Waals surface area contributed by atoms with Gasteiger partial charge in [0.15, 0.2) is 0 Å². The van der Waals surface area contributed by atoms with E-state index in [1.54, 1.807) is 7.11 Å². The second-order valence-corrected chi connectivity index (χ2v) is 17.5. The molecule has 0 radical (unpaired) electrons. The molecule has 1 saturated heterocycles. The molecular weight excluding hydrogens is 695 g/mol. The highest BCUT2D eigenvalue weighted by Gasteiger charge is 2.64. The van der Waals surface area contributed by atoms with Gasteiger partial charge in [-0.25, -0.2) is 9.78 Å². The fourth-order valence-corrected chi connectivity index (χ4v) is 9.63. The molecule has 3 N–H and O–H groups in total. The summed E-state index contributed by atoms with van der Waals surface area (Å²) >= 11 is 0. The lowest BCUT2D eigenvalue weighted by molar-refractivity contribution is -0.140. The third-order valence-electron chi connectivity index (χ3n) is 11.2. The molecule has 4 aliphatic rings. The number of ether oxygens (including phenoxy) is 3. The number of hydrogen-bond acceptors (Lipinski definition) is 8. The predicted molar refractivity (Wildman–Crippen MR) is 201 cm³/mol. The lowest BCUT2D eigenvalue weighted by atomic mass is 10.0. The van der Waals surface area contributed by atoms with Gasteiger partial charge >= 0.3 is 6.09 Å². The summed E-state index contributed by atoms with van der Waals surface area (Å²) < 4.78 is 31.2. The fraction of sp³-hybridized carbons (Fsp3) is 0.500. The number of carbonyl (C=O) groups excluding carboxylic acids is 3. The molecule has 1 unspecified atom stereocenters. The van der Waals surface area contributed by atoms with Crippen molar-refractivity contribution in [2.24, 2.45) is 5.92 Å². The van der Waals surface area contributed by atoms with Gasteiger partial charge in [0.2, 0.25) is 19.2 Å². The number of nitrogens with one attached hydrogen (secondary N) is 2. The van der Waals surface area contributed by atoms with Gasteiger partial charge in [0.1, 0.15) is 41.1 Å². The third kappa shape index (κ3) is 8.09. The van der Waals surface area contributed by atoms with Crippen molar-refractivity contribution >= 4 is 36.2 Å². The van der Waals surface area contributed by atoms with Crippen LogP contribution in [0, 0.1) is 5.92 Å². The summed E-state index contributed by atoms with van der Waals surface area (Å²) in [5.41, 5.74) is 2.23. The number of hydrogen-bond donors (Lipinski definition) is 3. The zero-order valence-corrected chi connectivity index (χ0v) is 31.3. The van der Waals surface area contributed by atoms with E-state index in [2.05, 4.69) is 10.6 Å². The van der Waals surface area contributed by atoms with E-state index >= 15 is 0 Å². The molecular formula is C40H49N4O8P. The van der Waals surface area contributed by atoms with Gasteiger partial charge in [0, 0.05) is 42.1 Å². The Kier molecular flexibility index (Phi) is 10.8. The van der Waals surface area contributed by atoms with E-state index in [-0.39, 0.29) is 25.0 Å². The number of pyridine rings is 1. The Bertz CT molecular complexity index is 1910. The van der Waals surface area contributed by atoms with E-state index < -0.39 is 48.7 Å². The standard InChI is InChI=1S/C40H49N4O8P/c1-50-29-19-20-31-34(21-29)41-33(26-13-7-6-8-14-26)23-36(31)51-30-22-35-37(45)43-40(53(2,48)49)24-27(40)15-9-4-3-5-10-18-32(38(46)44(35)25-30)42-39(47)52-28-16-11-12-17-28/h6-9,13-15,19-21,23,27-28,30,32,35H,3-5,10-12,16-18,22,24-25H2,1-2H3,(H,42,47)(H,43,45)(H,48,49)/b15-9-/t27-,30-,32+,35+,40+/m1/s1. The first-order valence-electron chi connectivity index (χ1n) is 18.8. The molecule has 0 spiro atoms. The molecule has 3 amide bonds. The van der Waals surface area contributed by atoms with Gasteiger partial charge in [-0.1, -0.05) is 55.3 Å². The van der Waals surface area contributed by atoms with Crippen LogP contribution in [0.5, 0.6) is 11.5 Å². The largest absolute Gasteiger partial charge is 0.497 e. The van der Waals surface area contributed by atoms with Crippen molar-refractivity contribution in [3.63, 3.8) is 0 Å². The number of amides is 3. The Labute approximate surface area is 310 Å². The summed E-state index contributed by atoms with van der Waals surface area (Å²) in [5, 5.41) is 5.22. The molecule has 2 aliphatic carbocycles. The molecule has 2 aliphatic heterocycles. The van der Waals surface area contributed by atoms with Crippen molar-refractivity contribution < 1.29 is 38.1 Å². The van der Waals surface area contributed by atoms with Crippen molar-refractivity contribution in [1.29, 1.82) is 0 Å². The number of benzene rings is 2. The molecule has 282 valence electrons. The Morgan fingerprint density at radius 3 is 2.55 bits per heavy atom. The Hall–Kier alpha value is -4.41. The molecule has 6 atom stereocenters. The average molecular weight is 745 g/mol. The summed E-state index contributed by atoms with van der Waals surface area (Å²) in [6.07, 6.45) is 10.1. The zero-order chi connectivity index (χ0) is 37.2. The van der Waals surface area contributed by atoms with Crippen LogP contribution in [0.2, 0.25) is 0 Å². The van der Waals surface area contributed by atoms with Crippen LogP contribution in [0.1, 0.15) is 70.6 Å². The maximum atomic E-state index is 14.6. The van der Waals surface area contributed by atoms with Gasteiger partial charge in [-0.15, -0.1) is 0 Å². The van der Waals surface area contributed by atoms with Gasteiger partial charge in [-0.2, -0.15) is 0 Å². The summed E-state index contributed by atoms with van der Waals surface area (Å²) in [6.45, 7) is 1.34. The predicted octanol–water partition coefficient (Wildman–Crippen LogP) is 6.55. The number of rotatable bonds is 7. The van der Waals surface area contributed by atoms with Crippen LogP contribution in [0.3, 0.4) is 0 Å². The van der Waals surface area contributed by atoms with Crippen molar-refractivity contribution in [2.75, 3.05) is 20.3 Å². The number of aromatic nitrogens is 1. The molecule has 53 heavy (non-hydrogen) atoms. The second-order valence-electron chi connectivity index (χ2n) is 14.9. The first kappa shape index (κ1) is 36.9. The van der Waals surface area contributed by atoms with Crippen LogP contribution in [0.15, 0.2) is 66.7 Å². The van der Waals surface area contributed by atoms with Crippen molar-refractivity contribution in [1.82, 2.24) is 20.5 Å². The Morgan fingerprint density at radius 2 is 1.79 bits per heavy atom. The molecule has 3 heterocycles. The van der Waals surface area contributed by atoms with Crippen molar-refractivity contribution in [3.05, 3.63) is 66.7 Å². The number of methoxy groups -OCH3 is 1. The van der Waals surface area contributed by atoms with Crippen LogP contribution in [-0.2, 0) is 18.9 Å². The minimum Gasteiger partial charge on any atom is -0.497 e. The average Bonchev–Trinajstić information content (AvgIpc) is 3.41. The van der Waals surface area contributed by atoms with Gasteiger partial charge in [0.05, 0.1) is 24.9 Å². The lowest BCUT2D eigenvalue weighted by Crippen LogP contribution is -2.55. The Balaban J connectivity index is 1.21. The molecule has 7 rings (SSSR count). The SMILES string of the molecule is COc1ccc2c(O[C@@H]3C[C@H]4C(=O)N[C@]5(P(C)(=O)O)C[C@H]5/C=C\CCCCC[C@H](NC(=O)OC5CCCC5)C(=O)N4C3)cc(-c3ccccc3)nc2c1. The third-order valence-corrected chi connectivity index (χ3v) is 13.3. The molecule has 13 heteroatoms. The minimum atomic E-state index is -3.80. The van der Waals surface area contributed by atoms with Crippen LogP contribution < -0.4 is 20.1 Å². The van der Waals surface area contributed by atoms with Gasteiger partial charge in [-0.3, -0.25) is 14.2 Å². The van der Waals surface area contributed by atoms with Gasteiger partial charge < -0.3 is 34.6 Å². The first-order valence-corrected chi connectivity index (χ1v) is 20.9. The van der Waals surface area contributed by atoms with Gasteiger partial charge in [-0.05, 0) is 63.5 Å². The second kappa shape index (κ2) is 15.5. The molecule has 3 aromatic rings. The minimum absolute atomic E-state index is 0.0622. The van der Waals surface area contributed by atoms with E-state index in [1.807, 2.05) is 66.7 Å². The van der Waals surface area contributed by atoms with Crippen LogP contribution in [-0.4, -0.2) is 82.6 Å². The van der Waals surface area contributed by atoms with E-state index in [0.29, 0.717) is 42.0 Å². The Morgan fingerprint density at radius 1 is 1.02 bits per heavy atom. The van der Waals surface area contributed by atoms with E-state index in [4.69, 9.17) is 19.2 Å². The fourth-order valence-electron chi connectivity index (χ4n) is 8.08. The topological polar surface area (TPSA) is 156 Å². The normalized spacial score (nSPS) is 28.4. The number of fused-ring (bicyclic) bond motifs is 3. The number of allylic oxidation sites excluding steroid dienone is 1. The summed E-state index contributed by atoms with van der Waals surface area (Å²) in [5.74, 6) is -0.0464. The summed E-state index contributed by atoms with van der Waals surface area (Å²) in [6, 6.07) is 15.2. The number of carbonyl (C=O) groups is 3. The highest BCUT2D eigenvalue weighted by molar-refractivity contribution is 7.59. The van der Waals surface area contributed by atoms with E-state index in [9.17, 15) is 23.8 Å². The maximum Gasteiger partial charge on any atom is 0.408 e. The molecule has 12 nitrogen and oxygen atoms in total. The maximum absolute atomic E-state index is 14.6. The quantitative estimate of drug-likeness (QED) is 0.180. The smallest absolute Gasteiger partial charge is 0.408 e. The van der Waals surface area contributed by atoms with Crippen molar-refractivity contribution in [2.45, 2.75) is 100 Å². The van der Waals surface area contributed by atoms with Gasteiger partial charge in [0.25, 0.3) is 0 Å². The van der Waals surface area contributed by atoms with Crippen LogP contribution in [0.4, 0.5) is 4.79 Å². The summed E-state index contributed by atoms with van der Waals surface area (Å²) in [4.78, 5) is 59.2. The molecule has 2 saturated carbocycles. The summed E-state index contributed by atoms with van der Waals surface area (Å²) in [7, 11) is -2.20. The van der Waals surface area contributed by atoms with Crippen LogP contribution in [0.25, 0.3) is 22.2 Å². The van der Waals surface area contributed by atoms with Crippen LogP contribution >= 0.6 is 7.37 Å². The highest BCUT2D eigenvalue weighted by Crippen LogP contribution is 2.67. The lowest BCUT2D eigenvalue weighted by Gasteiger charge is -2.30. The van der Waals surface area contributed by atoms with Crippen molar-refractivity contribution in [3.8, 4) is 22.8 Å².